The van der Waals surface area contributed by atoms with Crippen LogP contribution < -0.4 is 15.4 Å². The summed E-state index contributed by atoms with van der Waals surface area (Å²) >= 11 is 0. The number of aliphatic imine (C=N–C) groups is 1. The third kappa shape index (κ3) is 6.58. The van der Waals surface area contributed by atoms with Gasteiger partial charge in [0.1, 0.15) is 5.76 Å². The number of oxazole rings is 1. The van der Waals surface area contributed by atoms with Crippen LogP contribution in [-0.4, -0.2) is 29.6 Å². The molecule has 0 unspecified atom stereocenters. The van der Waals surface area contributed by atoms with Crippen LogP contribution in [0, 0.1) is 0 Å². The molecule has 0 bridgehead atoms. The lowest BCUT2D eigenvalue weighted by Gasteiger charge is -2.14. The van der Waals surface area contributed by atoms with Crippen molar-refractivity contribution < 1.29 is 9.15 Å². The lowest BCUT2D eigenvalue weighted by Crippen LogP contribution is -2.36. The highest BCUT2D eigenvalue weighted by molar-refractivity contribution is 5.79. The van der Waals surface area contributed by atoms with E-state index in [0.29, 0.717) is 37.4 Å². The van der Waals surface area contributed by atoms with E-state index < -0.39 is 0 Å². The second-order valence-electron chi connectivity index (χ2n) is 7.32. The van der Waals surface area contributed by atoms with E-state index in [2.05, 4.69) is 53.3 Å². The molecule has 0 saturated carbocycles. The maximum atomic E-state index is 5.79. The molecular formula is C20H31N5O2. The summed E-state index contributed by atoms with van der Waals surface area (Å²) in [6.45, 7) is 10.1. The normalized spacial score (nSPS) is 12.1. The average Bonchev–Trinajstić information content (AvgIpc) is 3.12. The Kier molecular flexibility index (Phi) is 7.64. The van der Waals surface area contributed by atoms with Crippen molar-refractivity contribution in [3.05, 3.63) is 41.7 Å². The van der Waals surface area contributed by atoms with Gasteiger partial charge in [0.05, 0.1) is 19.3 Å². The van der Waals surface area contributed by atoms with Crippen molar-refractivity contribution in [2.24, 2.45) is 4.99 Å². The molecule has 148 valence electrons. The monoisotopic (exact) mass is 373 g/mol. The topological polar surface area (TPSA) is 84.6 Å². The van der Waals surface area contributed by atoms with Crippen LogP contribution in [0.15, 0.2) is 33.9 Å². The zero-order valence-electron chi connectivity index (χ0n) is 17.0. The van der Waals surface area contributed by atoms with Gasteiger partial charge in [-0.25, -0.2) is 9.97 Å². The maximum absolute atomic E-state index is 5.79. The van der Waals surface area contributed by atoms with Crippen LogP contribution in [0.25, 0.3) is 0 Å². The third-order valence-corrected chi connectivity index (χ3v) is 3.96. The minimum Gasteiger partial charge on any atom is -0.477 e. The number of nitrogens with one attached hydrogen (secondary N) is 2. The number of hydrogen-bond acceptors (Lipinski definition) is 5. The van der Waals surface area contributed by atoms with Crippen molar-refractivity contribution in [1.82, 2.24) is 20.6 Å². The fraction of sp³-hybridized carbons (Fsp3) is 0.550. The summed E-state index contributed by atoms with van der Waals surface area (Å²) < 4.78 is 11.6. The molecule has 2 aromatic rings. The number of hydrogen-bond donors (Lipinski definition) is 2. The standard InChI is InChI=1S/C20H31N5O2/c1-6-7-11-26-18-15(9-8-10-22-18)12-24-19(21-5)25-14-17-23-13-16(27-17)20(2,3)4/h8-10,13H,6-7,11-12,14H2,1-5H3,(H2,21,24,25). The molecule has 7 heteroatoms. The van der Waals surface area contributed by atoms with Gasteiger partial charge in [0.25, 0.3) is 0 Å². The van der Waals surface area contributed by atoms with Crippen molar-refractivity contribution in [1.29, 1.82) is 0 Å². The first kappa shape index (κ1) is 20.7. The molecule has 2 heterocycles. The van der Waals surface area contributed by atoms with E-state index in [4.69, 9.17) is 9.15 Å². The Bertz CT molecular complexity index is 734. The molecule has 0 spiro atoms. The highest BCUT2D eigenvalue weighted by atomic mass is 16.5. The molecule has 0 aliphatic rings. The molecule has 7 nitrogen and oxygen atoms in total. The van der Waals surface area contributed by atoms with Crippen molar-refractivity contribution in [3.8, 4) is 5.88 Å². The molecule has 27 heavy (non-hydrogen) atoms. The predicted molar refractivity (Wildman–Crippen MR) is 107 cm³/mol. The van der Waals surface area contributed by atoms with Gasteiger partial charge in [0.15, 0.2) is 5.96 Å². The first-order valence-electron chi connectivity index (χ1n) is 9.40. The summed E-state index contributed by atoms with van der Waals surface area (Å²) in [5.74, 6) is 2.82. The molecule has 0 saturated heterocycles. The van der Waals surface area contributed by atoms with Gasteiger partial charge >= 0.3 is 0 Å². The minimum absolute atomic E-state index is 0.0559. The lowest BCUT2D eigenvalue weighted by atomic mass is 9.94. The number of aromatic nitrogens is 2. The quantitative estimate of drug-likeness (QED) is 0.419. The van der Waals surface area contributed by atoms with Crippen LogP contribution >= 0.6 is 0 Å². The first-order chi connectivity index (χ1) is 12.9. The molecule has 0 atom stereocenters. The van der Waals surface area contributed by atoms with E-state index >= 15 is 0 Å². The number of rotatable bonds is 8. The van der Waals surface area contributed by atoms with E-state index in [1.165, 1.54) is 0 Å². The first-order valence-corrected chi connectivity index (χ1v) is 9.40. The van der Waals surface area contributed by atoms with Crippen molar-refractivity contribution in [2.75, 3.05) is 13.7 Å². The van der Waals surface area contributed by atoms with Gasteiger partial charge in [-0.2, -0.15) is 0 Å². The minimum atomic E-state index is -0.0559. The lowest BCUT2D eigenvalue weighted by molar-refractivity contribution is 0.294. The zero-order valence-corrected chi connectivity index (χ0v) is 17.0. The molecule has 0 aliphatic carbocycles. The molecule has 0 amide bonds. The zero-order chi connectivity index (χ0) is 19.7. The Balaban J connectivity index is 1.88. The summed E-state index contributed by atoms with van der Waals surface area (Å²) in [4.78, 5) is 12.9. The Hall–Kier alpha value is -2.57. The van der Waals surface area contributed by atoms with Gasteiger partial charge < -0.3 is 19.8 Å². The predicted octanol–water partition coefficient (Wildman–Crippen LogP) is 3.41. The fourth-order valence-electron chi connectivity index (χ4n) is 2.30. The number of guanidine groups is 1. The summed E-state index contributed by atoms with van der Waals surface area (Å²) in [5, 5.41) is 6.49. The molecular weight excluding hydrogens is 342 g/mol. The van der Waals surface area contributed by atoms with Crippen LogP contribution in [0.5, 0.6) is 5.88 Å². The number of pyridine rings is 1. The van der Waals surface area contributed by atoms with E-state index in [1.807, 2.05) is 12.1 Å². The van der Waals surface area contributed by atoms with Gasteiger partial charge in [-0.1, -0.05) is 40.2 Å². The smallest absolute Gasteiger partial charge is 0.218 e. The Morgan fingerprint density at radius 2 is 2.00 bits per heavy atom. The van der Waals surface area contributed by atoms with Gasteiger partial charge in [-0.3, -0.25) is 4.99 Å². The van der Waals surface area contributed by atoms with Crippen LogP contribution in [-0.2, 0) is 18.5 Å². The highest BCUT2D eigenvalue weighted by Crippen LogP contribution is 2.22. The third-order valence-electron chi connectivity index (χ3n) is 3.96. The van der Waals surface area contributed by atoms with Crippen molar-refractivity contribution in [3.63, 3.8) is 0 Å². The van der Waals surface area contributed by atoms with Crippen LogP contribution in [0.3, 0.4) is 0 Å². The highest BCUT2D eigenvalue weighted by Gasteiger charge is 2.19. The Morgan fingerprint density at radius 1 is 1.22 bits per heavy atom. The molecule has 0 aliphatic heterocycles. The molecule has 2 rings (SSSR count). The van der Waals surface area contributed by atoms with Crippen molar-refractivity contribution >= 4 is 5.96 Å². The Morgan fingerprint density at radius 3 is 2.67 bits per heavy atom. The summed E-state index contributed by atoms with van der Waals surface area (Å²) in [6.07, 6.45) is 5.63. The number of ether oxygens (including phenoxy) is 1. The number of nitrogens with zero attached hydrogens (tertiary/aromatic N) is 3. The van der Waals surface area contributed by atoms with Gasteiger partial charge in [0, 0.05) is 30.8 Å². The van der Waals surface area contributed by atoms with E-state index in [-0.39, 0.29) is 5.41 Å². The van der Waals surface area contributed by atoms with E-state index in [9.17, 15) is 0 Å². The summed E-state index contributed by atoms with van der Waals surface area (Å²) in [5.41, 5.74) is 0.933. The van der Waals surface area contributed by atoms with Crippen LogP contribution in [0.1, 0.15) is 57.8 Å². The summed E-state index contributed by atoms with van der Waals surface area (Å²) in [6, 6.07) is 3.90. The fourth-order valence-corrected chi connectivity index (χ4v) is 2.30. The molecule has 2 aromatic heterocycles. The van der Waals surface area contributed by atoms with Gasteiger partial charge in [0.2, 0.25) is 11.8 Å². The molecule has 0 fully saturated rings. The molecule has 2 N–H and O–H groups in total. The largest absolute Gasteiger partial charge is 0.477 e. The molecule has 0 radical (unpaired) electrons. The second-order valence-corrected chi connectivity index (χ2v) is 7.32. The van der Waals surface area contributed by atoms with E-state index in [1.54, 1.807) is 19.4 Å². The number of unbranched alkanes of at least 4 members (excludes halogenated alkanes) is 1. The van der Waals surface area contributed by atoms with E-state index in [0.717, 1.165) is 24.2 Å². The van der Waals surface area contributed by atoms with Crippen LogP contribution in [0.2, 0.25) is 0 Å². The van der Waals surface area contributed by atoms with Gasteiger partial charge in [-0.15, -0.1) is 0 Å². The SMILES string of the molecule is CCCCOc1ncccc1CNC(=NC)NCc1ncc(C(C)(C)C)o1. The summed E-state index contributed by atoms with van der Waals surface area (Å²) in [7, 11) is 1.73. The molecule has 0 aromatic carbocycles. The second kappa shape index (κ2) is 9.94. The Labute approximate surface area is 161 Å². The maximum Gasteiger partial charge on any atom is 0.218 e. The van der Waals surface area contributed by atoms with Crippen LogP contribution in [0.4, 0.5) is 0 Å². The average molecular weight is 374 g/mol. The van der Waals surface area contributed by atoms with Gasteiger partial charge in [-0.05, 0) is 12.5 Å². The van der Waals surface area contributed by atoms with Crippen molar-refractivity contribution in [2.45, 2.75) is 59.0 Å².